The third-order valence-electron chi connectivity index (χ3n) is 8.93. The molecule has 2 fully saturated rings. The average molecular weight is 497 g/mol. The van der Waals surface area contributed by atoms with Crippen LogP contribution in [0.1, 0.15) is 41.5 Å². The predicted molar refractivity (Wildman–Crippen MR) is 127 cm³/mol. The van der Waals surface area contributed by atoms with Crippen LogP contribution in [0.4, 0.5) is 13.2 Å². The number of hydrogen-bond donors (Lipinski definition) is 1. The number of hydrogen-bond acceptors (Lipinski definition) is 4. The van der Waals surface area contributed by atoms with E-state index in [2.05, 4.69) is 23.8 Å². The molecule has 2 bridgehead atoms. The summed E-state index contributed by atoms with van der Waals surface area (Å²) in [5.41, 5.74) is 1.45. The Hall–Kier alpha value is -3.18. The van der Waals surface area contributed by atoms with Gasteiger partial charge in [0.15, 0.2) is 0 Å². The van der Waals surface area contributed by atoms with Crippen molar-refractivity contribution in [3.63, 3.8) is 0 Å². The van der Waals surface area contributed by atoms with E-state index in [9.17, 15) is 23.1 Å². The molecule has 36 heavy (non-hydrogen) atoms. The van der Waals surface area contributed by atoms with Crippen LogP contribution >= 0.6 is 0 Å². The molecule has 2 aliphatic carbocycles. The molecular weight excluding hydrogens is 469 g/mol. The molecular formula is C28H27F3N2O3. The van der Waals surface area contributed by atoms with Gasteiger partial charge in [0.05, 0.1) is 11.6 Å². The lowest BCUT2D eigenvalue weighted by Crippen LogP contribution is -2.68. The van der Waals surface area contributed by atoms with Crippen molar-refractivity contribution in [2.24, 2.45) is 5.92 Å². The van der Waals surface area contributed by atoms with E-state index >= 15 is 0 Å². The minimum Gasteiger partial charge on any atom is -0.508 e. The van der Waals surface area contributed by atoms with E-state index in [1.165, 1.54) is 12.1 Å². The van der Waals surface area contributed by atoms with Crippen LogP contribution in [0.25, 0.3) is 0 Å². The lowest BCUT2D eigenvalue weighted by atomic mass is 9.51. The summed E-state index contributed by atoms with van der Waals surface area (Å²) in [6.45, 7) is 0.924. The van der Waals surface area contributed by atoms with Gasteiger partial charge < -0.3 is 19.6 Å². The molecule has 5 nitrogen and oxygen atoms in total. The maximum Gasteiger partial charge on any atom is 0.416 e. The van der Waals surface area contributed by atoms with E-state index in [1.807, 2.05) is 6.07 Å². The highest BCUT2D eigenvalue weighted by Gasteiger charge is 2.66. The van der Waals surface area contributed by atoms with Gasteiger partial charge in [0, 0.05) is 41.1 Å². The maximum absolute atomic E-state index is 13.1. The number of piperidine rings is 1. The Kier molecular flexibility index (Phi) is 5.10. The quantitative estimate of drug-likeness (QED) is 0.608. The standard InChI is InChI=1S/C28H27F3N2O3/c1-32-14-13-27-19-8-9-20(26(27)36-23-11-10-22(34)18(25(23)27)15-21(19)32)33(2)24(35)12-5-16-3-6-17(7-4-16)28(29,30)31/h3-4,6-7,10-11,19-21,26,34H,8-9,13-15H2,1-2H3/t19-,20?,21+,26-,27-/m0/s1. The first-order valence-electron chi connectivity index (χ1n) is 12.3. The molecule has 1 saturated carbocycles. The number of halogens is 3. The van der Waals surface area contributed by atoms with Gasteiger partial charge in [0.2, 0.25) is 0 Å². The minimum absolute atomic E-state index is 0.194. The van der Waals surface area contributed by atoms with Crippen LogP contribution in [0, 0.1) is 17.8 Å². The molecule has 188 valence electrons. The van der Waals surface area contributed by atoms with Gasteiger partial charge in [-0.15, -0.1) is 0 Å². The molecule has 1 unspecified atom stereocenters. The highest BCUT2D eigenvalue weighted by Crippen LogP contribution is 2.63. The first-order valence-corrected chi connectivity index (χ1v) is 12.3. The Balaban J connectivity index is 1.30. The van der Waals surface area contributed by atoms with Crippen molar-refractivity contribution >= 4 is 5.91 Å². The summed E-state index contributed by atoms with van der Waals surface area (Å²) in [7, 11) is 3.87. The van der Waals surface area contributed by atoms with Crippen LogP contribution < -0.4 is 4.74 Å². The second-order valence-corrected chi connectivity index (χ2v) is 10.5. The van der Waals surface area contributed by atoms with E-state index in [4.69, 9.17) is 4.74 Å². The van der Waals surface area contributed by atoms with Crippen molar-refractivity contribution in [1.82, 2.24) is 9.80 Å². The Labute approximate surface area is 207 Å². The molecule has 2 aromatic rings. The summed E-state index contributed by atoms with van der Waals surface area (Å²) >= 11 is 0. The zero-order valence-corrected chi connectivity index (χ0v) is 20.1. The fourth-order valence-corrected chi connectivity index (χ4v) is 7.23. The summed E-state index contributed by atoms with van der Waals surface area (Å²) in [6, 6.07) is 8.16. The van der Waals surface area contributed by atoms with Crippen LogP contribution in [0.5, 0.6) is 11.5 Å². The smallest absolute Gasteiger partial charge is 0.416 e. The molecule has 8 heteroatoms. The second-order valence-electron chi connectivity index (χ2n) is 10.5. The number of phenols is 1. The van der Waals surface area contributed by atoms with E-state index < -0.39 is 17.6 Å². The number of likely N-dealkylation sites (N-methyl/N-ethyl adjacent to an activating group) is 2. The molecule has 4 aliphatic rings. The summed E-state index contributed by atoms with van der Waals surface area (Å²) < 4.78 is 45.0. The van der Waals surface area contributed by atoms with Crippen molar-refractivity contribution in [2.75, 3.05) is 20.6 Å². The van der Waals surface area contributed by atoms with Crippen LogP contribution in [0.3, 0.4) is 0 Å². The van der Waals surface area contributed by atoms with Crippen LogP contribution in [0.15, 0.2) is 36.4 Å². The summed E-state index contributed by atoms with van der Waals surface area (Å²) in [5.74, 6) is 6.44. The molecule has 5 atom stereocenters. The van der Waals surface area contributed by atoms with Gasteiger partial charge in [0.25, 0.3) is 5.91 Å². The van der Waals surface area contributed by atoms with Crippen LogP contribution in [0.2, 0.25) is 0 Å². The summed E-state index contributed by atoms with van der Waals surface area (Å²) in [6.07, 6.45) is -1.23. The fourth-order valence-electron chi connectivity index (χ4n) is 7.23. The third-order valence-corrected chi connectivity index (χ3v) is 8.93. The van der Waals surface area contributed by atoms with Gasteiger partial charge in [-0.3, -0.25) is 4.79 Å². The number of carbonyl (C=O) groups is 1. The SMILES string of the molecule is CN(C(=O)C#Cc1ccc(C(F)(F)F)cc1)C1CC[C@H]2[C@H]3Cc4c(O)ccc5c4[C@@]2(CCN3C)[C@H]1O5. The van der Waals surface area contributed by atoms with Crippen molar-refractivity contribution < 1.29 is 27.8 Å². The van der Waals surface area contributed by atoms with E-state index in [0.29, 0.717) is 23.3 Å². The van der Waals surface area contributed by atoms with Crippen molar-refractivity contribution in [1.29, 1.82) is 0 Å². The number of benzene rings is 2. The number of nitrogens with zero attached hydrogens (tertiary/aromatic N) is 2. The van der Waals surface area contributed by atoms with E-state index in [-0.39, 0.29) is 17.6 Å². The normalized spacial score (nSPS) is 30.0. The molecule has 1 spiro atoms. The highest BCUT2D eigenvalue weighted by atomic mass is 19.4. The largest absolute Gasteiger partial charge is 0.508 e. The molecule has 1 N–H and O–H groups in total. The molecule has 2 aromatic carbocycles. The molecule has 6 rings (SSSR count). The number of amides is 1. The van der Waals surface area contributed by atoms with Gasteiger partial charge >= 0.3 is 6.18 Å². The van der Waals surface area contributed by atoms with Gasteiger partial charge in [-0.1, -0.05) is 5.92 Å². The second kappa shape index (κ2) is 7.91. The molecule has 1 amide bonds. The molecule has 0 radical (unpaired) electrons. The number of alkyl halides is 3. The Morgan fingerprint density at radius 3 is 2.67 bits per heavy atom. The van der Waals surface area contributed by atoms with Crippen molar-refractivity contribution in [3.05, 3.63) is 58.7 Å². The molecule has 0 aromatic heterocycles. The van der Waals surface area contributed by atoms with Crippen molar-refractivity contribution in [2.45, 2.75) is 55.5 Å². The van der Waals surface area contributed by atoms with Gasteiger partial charge in [-0.25, -0.2) is 0 Å². The number of phenolic OH excluding ortho intramolecular Hbond substituents is 1. The molecule has 2 aliphatic heterocycles. The first kappa shape index (κ1) is 23.2. The summed E-state index contributed by atoms with van der Waals surface area (Å²) in [4.78, 5) is 17.1. The number of ether oxygens (including phenoxy) is 1. The predicted octanol–water partition coefficient (Wildman–Crippen LogP) is 3.96. The van der Waals surface area contributed by atoms with E-state index in [0.717, 1.165) is 61.2 Å². The van der Waals surface area contributed by atoms with Gasteiger partial charge in [0.1, 0.15) is 17.6 Å². The van der Waals surface area contributed by atoms with Crippen LogP contribution in [-0.4, -0.2) is 59.6 Å². The number of likely N-dealkylation sites (tertiary alicyclic amines) is 1. The number of rotatable bonds is 1. The monoisotopic (exact) mass is 496 g/mol. The Morgan fingerprint density at radius 1 is 1.19 bits per heavy atom. The maximum atomic E-state index is 13.1. The fraction of sp³-hybridized carbons (Fsp3) is 0.464. The van der Waals surface area contributed by atoms with Gasteiger partial charge in [-0.05, 0) is 81.6 Å². The topological polar surface area (TPSA) is 53.0 Å². The molecule has 1 saturated heterocycles. The molecule has 2 heterocycles. The lowest BCUT2D eigenvalue weighted by Gasteiger charge is -2.59. The number of carbonyl (C=O) groups excluding carboxylic acids is 1. The third kappa shape index (κ3) is 3.25. The Bertz CT molecular complexity index is 1300. The van der Waals surface area contributed by atoms with Gasteiger partial charge in [-0.2, -0.15) is 13.2 Å². The Morgan fingerprint density at radius 2 is 1.94 bits per heavy atom. The first-order chi connectivity index (χ1) is 17.1. The zero-order chi connectivity index (χ0) is 25.4. The van der Waals surface area contributed by atoms with Crippen molar-refractivity contribution in [3.8, 4) is 23.3 Å². The highest BCUT2D eigenvalue weighted by molar-refractivity contribution is 5.94. The zero-order valence-electron chi connectivity index (χ0n) is 20.1. The summed E-state index contributed by atoms with van der Waals surface area (Å²) in [5, 5.41) is 10.7. The van der Waals surface area contributed by atoms with E-state index in [1.54, 1.807) is 18.0 Å². The average Bonchev–Trinajstić information content (AvgIpc) is 3.19. The minimum atomic E-state index is -4.41. The van der Waals surface area contributed by atoms with Crippen LogP contribution in [-0.2, 0) is 22.8 Å². The lowest BCUT2D eigenvalue weighted by molar-refractivity contribution is -0.137. The number of aromatic hydroxyl groups is 1.